The van der Waals surface area contributed by atoms with Crippen molar-refractivity contribution in [3.8, 4) is 5.75 Å². The highest BCUT2D eigenvalue weighted by Crippen LogP contribution is 2.20. The third kappa shape index (κ3) is 6.39. The van der Waals surface area contributed by atoms with E-state index in [2.05, 4.69) is 4.90 Å². The van der Waals surface area contributed by atoms with Gasteiger partial charge in [0.2, 0.25) is 15.9 Å². The van der Waals surface area contributed by atoms with Crippen LogP contribution in [-0.4, -0.2) is 76.2 Å². The zero-order valence-electron chi connectivity index (χ0n) is 16.7. The van der Waals surface area contributed by atoms with Gasteiger partial charge in [-0.2, -0.15) is 0 Å². The SMILES string of the molecule is COc1ccc(N2CCN(C(=O)CCN(CC(C)C)S(C)(=O)=O)CC2)cc1. The fourth-order valence-electron chi connectivity index (χ4n) is 3.19. The normalized spacial score (nSPS) is 15.5. The molecule has 1 aliphatic rings. The summed E-state index contributed by atoms with van der Waals surface area (Å²) in [7, 11) is -1.65. The molecule has 0 aliphatic carbocycles. The van der Waals surface area contributed by atoms with Crippen LogP contribution in [0, 0.1) is 5.92 Å². The first-order valence-electron chi connectivity index (χ1n) is 9.32. The average Bonchev–Trinajstić information content (AvgIpc) is 2.64. The first-order chi connectivity index (χ1) is 12.7. The molecule has 0 spiro atoms. The maximum Gasteiger partial charge on any atom is 0.224 e. The summed E-state index contributed by atoms with van der Waals surface area (Å²) in [6, 6.07) is 7.90. The van der Waals surface area contributed by atoms with Crippen molar-refractivity contribution in [2.45, 2.75) is 20.3 Å². The van der Waals surface area contributed by atoms with E-state index >= 15 is 0 Å². The summed E-state index contributed by atoms with van der Waals surface area (Å²) in [6.07, 6.45) is 1.43. The quantitative estimate of drug-likeness (QED) is 0.667. The Morgan fingerprint density at radius 1 is 1.15 bits per heavy atom. The minimum atomic E-state index is -3.29. The minimum Gasteiger partial charge on any atom is -0.497 e. The third-order valence-electron chi connectivity index (χ3n) is 4.68. The fourth-order valence-corrected chi connectivity index (χ4v) is 4.18. The second kappa shape index (κ2) is 9.41. The highest BCUT2D eigenvalue weighted by atomic mass is 32.2. The Kier molecular flexibility index (Phi) is 7.49. The first kappa shape index (κ1) is 21.5. The van der Waals surface area contributed by atoms with E-state index < -0.39 is 10.0 Å². The predicted molar refractivity (Wildman–Crippen MR) is 108 cm³/mol. The molecule has 0 radical (unpaired) electrons. The molecule has 0 saturated carbocycles. The van der Waals surface area contributed by atoms with Crippen molar-refractivity contribution in [1.29, 1.82) is 0 Å². The number of rotatable bonds is 8. The van der Waals surface area contributed by atoms with Crippen LogP contribution < -0.4 is 9.64 Å². The van der Waals surface area contributed by atoms with Gasteiger partial charge in [0.25, 0.3) is 0 Å². The summed E-state index contributed by atoms with van der Waals surface area (Å²) >= 11 is 0. The van der Waals surface area contributed by atoms with Crippen molar-refractivity contribution < 1.29 is 17.9 Å². The van der Waals surface area contributed by atoms with Crippen LogP contribution in [0.25, 0.3) is 0 Å². The second-order valence-electron chi connectivity index (χ2n) is 7.33. The van der Waals surface area contributed by atoms with E-state index in [1.807, 2.05) is 43.0 Å². The van der Waals surface area contributed by atoms with Gasteiger partial charge in [-0.05, 0) is 30.2 Å². The number of benzene rings is 1. The molecule has 1 heterocycles. The molecule has 0 unspecified atom stereocenters. The molecule has 0 N–H and O–H groups in total. The number of hydrogen-bond acceptors (Lipinski definition) is 5. The molecule has 8 heteroatoms. The van der Waals surface area contributed by atoms with Crippen LogP contribution in [-0.2, 0) is 14.8 Å². The summed E-state index contributed by atoms with van der Waals surface area (Å²) in [4.78, 5) is 16.6. The molecule has 0 bridgehead atoms. The molecule has 27 heavy (non-hydrogen) atoms. The molecular weight excluding hydrogens is 366 g/mol. The van der Waals surface area contributed by atoms with Gasteiger partial charge in [0.1, 0.15) is 5.75 Å². The summed E-state index contributed by atoms with van der Waals surface area (Å²) in [5, 5.41) is 0. The molecule has 0 aromatic heterocycles. The van der Waals surface area contributed by atoms with Gasteiger partial charge in [0.05, 0.1) is 13.4 Å². The Bertz CT molecular complexity index is 711. The summed E-state index contributed by atoms with van der Waals surface area (Å²) in [5.74, 6) is 1.06. The maximum absolute atomic E-state index is 12.5. The molecule has 2 rings (SSSR count). The number of ether oxygens (including phenoxy) is 1. The highest BCUT2D eigenvalue weighted by Gasteiger charge is 2.24. The third-order valence-corrected chi connectivity index (χ3v) is 5.95. The number of amides is 1. The number of sulfonamides is 1. The lowest BCUT2D eigenvalue weighted by molar-refractivity contribution is -0.131. The zero-order chi connectivity index (χ0) is 20.0. The lowest BCUT2D eigenvalue weighted by Gasteiger charge is -2.36. The largest absolute Gasteiger partial charge is 0.497 e. The molecule has 1 fully saturated rings. The van der Waals surface area contributed by atoms with E-state index in [4.69, 9.17) is 4.74 Å². The Morgan fingerprint density at radius 3 is 2.22 bits per heavy atom. The number of methoxy groups -OCH3 is 1. The van der Waals surface area contributed by atoms with Crippen molar-refractivity contribution in [1.82, 2.24) is 9.21 Å². The number of piperazine rings is 1. The Hall–Kier alpha value is -1.80. The number of carbonyl (C=O) groups is 1. The van der Waals surface area contributed by atoms with Crippen molar-refractivity contribution in [3.05, 3.63) is 24.3 Å². The Labute approximate surface area is 162 Å². The van der Waals surface area contributed by atoms with Crippen LogP contribution >= 0.6 is 0 Å². The van der Waals surface area contributed by atoms with Gasteiger partial charge < -0.3 is 14.5 Å². The Morgan fingerprint density at radius 2 is 1.74 bits per heavy atom. The lowest BCUT2D eigenvalue weighted by atomic mass is 10.2. The van der Waals surface area contributed by atoms with E-state index in [-0.39, 0.29) is 24.8 Å². The van der Waals surface area contributed by atoms with Crippen molar-refractivity contribution >= 4 is 21.6 Å². The zero-order valence-corrected chi connectivity index (χ0v) is 17.5. The molecular formula is C19H31N3O4S. The Balaban J connectivity index is 1.84. The molecule has 0 atom stereocenters. The molecule has 1 aliphatic heterocycles. The summed E-state index contributed by atoms with van der Waals surface area (Å²) in [6.45, 7) is 7.45. The van der Waals surface area contributed by atoms with Crippen molar-refractivity contribution in [2.75, 3.05) is 57.5 Å². The van der Waals surface area contributed by atoms with Crippen LogP contribution in [0.5, 0.6) is 5.75 Å². The average molecular weight is 398 g/mol. The summed E-state index contributed by atoms with van der Waals surface area (Å²) < 4.78 is 30.4. The van der Waals surface area contributed by atoms with E-state index in [0.717, 1.165) is 24.5 Å². The monoisotopic (exact) mass is 397 g/mol. The van der Waals surface area contributed by atoms with Crippen LogP contribution in [0.4, 0.5) is 5.69 Å². The van der Waals surface area contributed by atoms with E-state index in [0.29, 0.717) is 19.6 Å². The van der Waals surface area contributed by atoms with Gasteiger partial charge in [-0.25, -0.2) is 12.7 Å². The maximum atomic E-state index is 12.5. The van der Waals surface area contributed by atoms with Crippen LogP contribution in [0.2, 0.25) is 0 Å². The minimum absolute atomic E-state index is 0.0155. The van der Waals surface area contributed by atoms with Gasteiger partial charge in [0, 0.05) is 51.4 Å². The van der Waals surface area contributed by atoms with Crippen molar-refractivity contribution in [3.63, 3.8) is 0 Å². The van der Waals surface area contributed by atoms with E-state index in [1.54, 1.807) is 7.11 Å². The highest BCUT2D eigenvalue weighted by molar-refractivity contribution is 7.88. The predicted octanol–water partition coefficient (Wildman–Crippen LogP) is 1.65. The van der Waals surface area contributed by atoms with Crippen LogP contribution in [0.3, 0.4) is 0 Å². The molecule has 1 amide bonds. The molecule has 152 valence electrons. The van der Waals surface area contributed by atoms with Gasteiger partial charge in [-0.3, -0.25) is 4.79 Å². The first-order valence-corrected chi connectivity index (χ1v) is 11.2. The van der Waals surface area contributed by atoms with Gasteiger partial charge in [-0.15, -0.1) is 0 Å². The van der Waals surface area contributed by atoms with Crippen LogP contribution in [0.1, 0.15) is 20.3 Å². The second-order valence-corrected chi connectivity index (χ2v) is 9.31. The lowest BCUT2D eigenvalue weighted by Crippen LogP contribution is -2.49. The number of nitrogens with zero attached hydrogens (tertiary/aromatic N) is 3. The van der Waals surface area contributed by atoms with E-state index in [1.165, 1.54) is 10.6 Å². The smallest absolute Gasteiger partial charge is 0.224 e. The van der Waals surface area contributed by atoms with Gasteiger partial charge in [-0.1, -0.05) is 13.8 Å². The van der Waals surface area contributed by atoms with Crippen molar-refractivity contribution in [2.24, 2.45) is 5.92 Å². The van der Waals surface area contributed by atoms with Gasteiger partial charge in [0.15, 0.2) is 0 Å². The fraction of sp³-hybridized carbons (Fsp3) is 0.632. The molecule has 1 aromatic carbocycles. The van der Waals surface area contributed by atoms with E-state index in [9.17, 15) is 13.2 Å². The molecule has 1 aromatic rings. The number of anilines is 1. The van der Waals surface area contributed by atoms with Gasteiger partial charge >= 0.3 is 0 Å². The standard InChI is InChI=1S/C19H31N3O4S/c1-16(2)15-22(27(4,24)25)10-9-19(23)21-13-11-20(12-14-21)17-5-7-18(26-3)8-6-17/h5-8,16H,9-15H2,1-4H3. The number of hydrogen-bond donors (Lipinski definition) is 0. The topological polar surface area (TPSA) is 70.2 Å². The number of carbonyl (C=O) groups excluding carboxylic acids is 1. The molecule has 7 nitrogen and oxygen atoms in total. The van der Waals surface area contributed by atoms with Crippen LogP contribution in [0.15, 0.2) is 24.3 Å². The molecule has 1 saturated heterocycles. The summed E-state index contributed by atoms with van der Waals surface area (Å²) in [5.41, 5.74) is 1.11.